The maximum absolute atomic E-state index is 6.79. The fraction of sp³-hybridized carbons (Fsp3) is 0.500. The van der Waals surface area contributed by atoms with Gasteiger partial charge in [0.25, 0.3) is 0 Å². The predicted octanol–water partition coefficient (Wildman–Crippen LogP) is 0.338. The smallest absolute Gasteiger partial charge is 0.101 e. The van der Waals surface area contributed by atoms with E-state index in [1.54, 1.807) is 6.92 Å². The molecule has 0 saturated heterocycles. The summed E-state index contributed by atoms with van der Waals surface area (Å²) in [5, 5.41) is 13.6. The Hall–Kier alpha value is -0.480. The summed E-state index contributed by atoms with van der Waals surface area (Å²) >= 11 is 0. The van der Waals surface area contributed by atoms with Crippen LogP contribution in [-0.4, -0.2) is 11.7 Å². The van der Waals surface area contributed by atoms with Crippen LogP contribution in [-0.2, 0) is 0 Å². The number of amidine groups is 2. The van der Waals surface area contributed by atoms with Crippen LogP contribution in [0.15, 0.2) is 0 Å². The minimum atomic E-state index is -0.407. The summed E-state index contributed by atoms with van der Waals surface area (Å²) in [6, 6.07) is 0. The molecule has 0 spiro atoms. The van der Waals surface area contributed by atoms with Gasteiger partial charge in [0.05, 0.1) is 5.92 Å². The third-order valence-corrected chi connectivity index (χ3v) is 0.933. The van der Waals surface area contributed by atoms with Crippen LogP contribution in [0.5, 0.6) is 0 Å². The van der Waals surface area contributed by atoms with Gasteiger partial charge in [-0.15, -0.1) is 24.8 Å². The SMILES string of the molecule is CC(C(=N)N)C(=N)N.Cl.Cl. The Balaban J connectivity index is -0.000000245. The van der Waals surface area contributed by atoms with E-state index in [1.165, 1.54) is 0 Å². The van der Waals surface area contributed by atoms with Crippen molar-refractivity contribution in [2.24, 2.45) is 17.4 Å². The Morgan fingerprint density at radius 1 is 1.10 bits per heavy atom. The Labute approximate surface area is 72.2 Å². The molecule has 0 aromatic carbocycles. The molecule has 0 atom stereocenters. The van der Waals surface area contributed by atoms with Gasteiger partial charge in [0.1, 0.15) is 11.7 Å². The van der Waals surface area contributed by atoms with E-state index in [9.17, 15) is 0 Å². The van der Waals surface area contributed by atoms with Gasteiger partial charge in [-0.25, -0.2) is 0 Å². The average Bonchev–Trinajstić information content (AvgIpc) is 1.64. The zero-order valence-electron chi connectivity index (χ0n) is 5.55. The third kappa shape index (κ3) is 5.65. The van der Waals surface area contributed by atoms with Crippen molar-refractivity contribution in [1.82, 2.24) is 0 Å². The molecule has 10 heavy (non-hydrogen) atoms. The quantitative estimate of drug-likeness (QED) is 0.370. The first-order valence-corrected chi connectivity index (χ1v) is 2.23. The topological polar surface area (TPSA) is 99.7 Å². The van der Waals surface area contributed by atoms with Crippen molar-refractivity contribution in [2.75, 3.05) is 0 Å². The lowest BCUT2D eigenvalue weighted by Crippen LogP contribution is -2.31. The highest BCUT2D eigenvalue weighted by atomic mass is 35.5. The second-order valence-electron chi connectivity index (χ2n) is 1.63. The molecule has 0 bridgehead atoms. The van der Waals surface area contributed by atoms with Gasteiger partial charge < -0.3 is 11.5 Å². The Morgan fingerprint density at radius 2 is 1.30 bits per heavy atom. The van der Waals surface area contributed by atoms with E-state index in [-0.39, 0.29) is 36.5 Å². The van der Waals surface area contributed by atoms with E-state index in [4.69, 9.17) is 22.3 Å². The predicted molar refractivity (Wildman–Crippen MR) is 47.5 cm³/mol. The van der Waals surface area contributed by atoms with Crippen LogP contribution in [0.1, 0.15) is 6.92 Å². The maximum Gasteiger partial charge on any atom is 0.101 e. The van der Waals surface area contributed by atoms with E-state index in [2.05, 4.69) is 0 Å². The monoisotopic (exact) mass is 186 g/mol. The standard InChI is InChI=1S/C4H10N4.2ClH/c1-2(3(5)6)4(7)8;;/h2H,1H3,(H3,5,6)(H3,7,8);2*1H. The van der Waals surface area contributed by atoms with E-state index in [0.29, 0.717) is 0 Å². The third-order valence-electron chi connectivity index (χ3n) is 0.933. The van der Waals surface area contributed by atoms with Crippen molar-refractivity contribution in [3.8, 4) is 0 Å². The molecule has 0 heterocycles. The molecule has 0 aromatic heterocycles. The first-order valence-electron chi connectivity index (χ1n) is 2.23. The minimum Gasteiger partial charge on any atom is -0.387 e. The number of hydrogen-bond donors (Lipinski definition) is 4. The summed E-state index contributed by atoms with van der Waals surface area (Å²) in [5.41, 5.74) is 10.00. The molecular formula is C4H12Cl2N4. The molecule has 0 unspecified atom stereocenters. The van der Waals surface area contributed by atoms with Crippen LogP contribution in [0.3, 0.4) is 0 Å². The molecule has 0 aliphatic rings. The first kappa shape index (κ1) is 16.3. The summed E-state index contributed by atoms with van der Waals surface area (Å²) in [4.78, 5) is 0. The second-order valence-corrected chi connectivity index (χ2v) is 1.63. The van der Waals surface area contributed by atoms with Crippen molar-refractivity contribution >= 4 is 36.5 Å². The van der Waals surface area contributed by atoms with Crippen molar-refractivity contribution in [2.45, 2.75) is 6.92 Å². The molecule has 62 valence electrons. The number of hydrogen-bond acceptors (Lipinski definition) is 2. The van der Waals surface area contributed by atoms with Crippen LogP contribution in [0, 0.1) is 16.7 Å². The Kier molecular flexibility index (Phi) is 10.8. The summed E-state index contributed by atoms with van der Waals surface area (Å²) < 4.78 is 0. The molecule has 0 aromatic rings. The summed E-state index contributed by atoms with van der Waals surface area (Å²) in [7, 11) is 0. The highest BCUT2D eigenvalue weighted by molar-refractivity contribution is 6.00. The molecular weight excluding hydrogens is 175 g/mol. The van der Waals surface area contributed by atoms with Crippen molar-refractivity contribution in [3.05, 3.63) is 0 Å². The van der Waals surface area contributed by atoms with Crippen LogP contribution in [0.4, 0.5) is 0 Å². The van der Waals surface area contributed by atoms with Crippen molar-refractivity contribution in [3.63, 3.8) is 0 Å². The van der Waals surface area contributed by atoms with E-state index < -0.39 is 5.92 Å². The van der Waals surface area contributed by atoms with Gasteiger partial charge in [0, 0.05) is 0 Å². The van der Waals surface area contributed by atoms with Gasteiger partial charge >= 0.3 is 0 Å². The second kappa shape index (κ2) is 6.64. The van der Waals surface area contributed by atoms with Crippen LogP contribution < -0.4 is 11.5 Å². The summed E-state index contributed by atoms with van der Waals surface area (Å²) in [6.07, 6.45) is 0. The molecule has 4 nitrogen and oxygen atoms in total. The lowest BCUT2D eigenvalue weighted by atomic mass is 10.1. The van der Waals surface area contributed by atoms with Crippen molar-refractivity contribution < 1.29 is 0 Å². The number of nitrogens with two attached hydrogens (primary N) is 2. The molecule has 0 amide bonds. The molecule has 0 saturated carbocycles. The molecule has 0 rings (SSSR count). The van der Waals surface area contributed by atoms with E-state index >= 15 is 0 Å². The number of halogens is 2. The normalized spacial score (nSPS) is 10.1. The molecule has 0 radical (unpaired) electrons. The van der Waals surface area contributed by atoms with Crippen LogP contribution >= 0.6 is 24.8 Å². The summed E-state index contributed by atoms with van der Waals surface area (Å²) in [5.74, 6) is -0.523. The molecule has 0 aliphatic carbocycles. The fourth-order valence-corrected chi connectivity index (χ4v) is 0.168. The van der Waals surface area contributed by atoms with Crippen LogP contribution in [0.25, 0.3) is 0 Å². The lowest BCUT2D eigenvalue weighted by Gasteiger charge is -2.04. The maximum atomic E-state index is 6.79. The zero-order valence-corrected chi connectivity index (χ0v) is 7.18. The van der Waals surface area contributed by atoms with E-state index in [0.717, 1.165) is 0 Å². The van der Waals surface area contributed by atoms with E-state index in [1.807, 2.05) is 0 Å². The minimum absolute atomic E-state index is 0. The average molecular weight is 187 g/mol. The Bertz CT molecular complexity index is 110. The van der Waals surface area contributed by atoms with Gasteiger partial charge in [-0.1, -0.05) is 0 Å². The van der Waals surface area contributed by atoms with Crippen LogP contribution in [0.2, 0.25) is 0 Å². The molecule has 0 aliphatic heterocycles. The van der Waals surface area contributed by atoms with Gasteiger partial charge in [-0.05, 0) is 6.92 Å². The number of rotatable bonds is 2. The van der Waals surface area contributed by atoms with Gasteiger partial charge in [0.15, 0.2) is 0 Å². The largest absolute Gasteiger partial charge is 0.387 e. The van der Waals surface area contributed by atoms with Gasteiger partial charge in [-0.2, -0.15) is 0 Å². The van der Waals surface area contributed by atoms with Crippen molar-refractivity contribution in [1.29, 1.82) is 10.8 Å². The first-order chi connectivity index (χ1) is 3.55. The molecule has 6 N–H and O–H groups in total. The number of nitrogens with one attached hydrogen (secondary N) is 2. The Morgan fingerprint density at radius 3 is 1.30 bits per heavy atom. The van der Waals surface area contributed by atoms with Gasteiger partial charge in [0.2, 0.25) is 0 Å². The summed E-state index contributed by atoms with van der Waals surface area (Å²) in [6.45, 7) is 1.62. The lowest BCUT2D eigenvalue weighted by molar-refractivity contribution is 0.994. The molecule has 6 heteroatoms. The zero-order chi connectivity index (χ0) is 6.73. The fourth-order valence-electron chi connectivity index (χ4n) is 0.168. The van der Waals surface area contributed by atoms with Gasteiger partial charge in [-0.3, -0.25) is 10.8 Å². The highest BCUT2D eigenvalue weighted by Crippen LogP contribution is 1.88. The molecule has 0 fully saturated rings. The highest BCUT2D eigenvalue weighted by Gasteiger charge is 2.06.